The summed E-state index contributed by atoms with van der Waals surface area (Å²) < 4.78 is 5.16. The Hall–Kier alpha value is -1.75. The lowest BCUT2D eigenvalue weighted by atomic mass is 10.1. The van der Waals surface area contributed by atoms with Gasteiger partial charge in [-0.1, -0.05) is 35.3 Å². The maximum Gasteiger partial charge on any atom is 0.259 e. The molecule has 0 aliphatic heterocycles. The van der Waals surface area contributed by atoms with Crippen LogP contribution in [-0.4, -0.2) is 18.1 Å². The zero-order valence-electron chi connectivity index (χ0n) is 12.1. The number of carbonyl (C=O) groups is 1. The first kappa shape index (κ1) is 16.6. The van der Waals surface area contributed by atoms with Gasteiger partial charge in [0.1, 0.15) is 5.75 Å². The molecule has 2 rings (SSSR count). The Kier molecular flexibility index (Phi) is 5.29. The van der Waals surface area contributed by atoms with Gasteiger partial charge in [0.05, 0.1) is 23.8 Å². The number of aliphatic hydroxyl groups is 1. The lowest BCUT2D eigenvalue weighted by molar-refractivity contribution is 0.102. The number of rotatable bonds is 4. The van der Waals surface area contributed by atoms with Gasteiger partial charge in [0, 0.05) is 10.7 Å². The van der Waals surface area contributed by atoms with Gasteiger partial charge in [0.2, 0.25) is 0 Å². The van der Waals surface area contributed by atoms with Crippen LogP contribution in [0.3, 0.4) is 0 Å². The SMILES string of the molecule is COc1c(Cl)cc(Cl)cc1C(=O)Nc1cccc([C@H](C)O)c1. The van der Waals surface area contributed by atoms with E-state index in [1.165, 1.54) is 19.2 Å². The average molecular weight is 340 g/mol. The second-order valence-corrected chi connectivity index (χ2v) is 5.57. The highest BCUT2D eigenvalue weighted by Gasteiger charge is 2.17. The molecule has 0 aliphatic rings. The Bertz CT molecular complexity index is 702. The van der Waals surface area contributed by atoms with Gasteiger partial charge >= 0.3 is 0 Å². The highest BCUT2D eigenvalue weighted by Crippen LogP contribution is 2.32. The van der Waals surface area contributed by atoms with E-state index in [9.17, 15) is 9.90 Å². The van der Waals surface area contributed by atoms with Crippen LogP contribution in [0.1, 0.15) is 28.9 Å². The van der Waals surface area contributed by atoms with E-state index in [-0.39, 0.29) is 16.3 Å². The molecule has 0 fully saturated rings. The summed E-state index contributed by atoms with van der Waals surface area (Å²) >= 11 is 12.0. The zero-order valence-corrected chi connectivity index (χ0v) is 13.6. The van der Waals surface area contributed by atoms with Crippen molar-refractivity contribution >= 4 is 34.8 Å². The van der Waals surface area contributed by atoms with Gasteiger partial charge < -0.3 is 15.2 Å². The summed E-state index contributed by atoms with van der Waals surface area (Å²) in [6.07, 6.45) is -0.619. The van der Waals surface area contributed by atoms with E-state index in [4.69, 9.17) is 27.9 Å². The van der Waals surface area contributed by atoms with Gasteiger partial charge in [-0.3, -0.25) is 4.79 Å². The van der Waals surface area contributed by atoms with Gasteiger partial charge in [0.25, 0.3) is 5.91 Å². The van der Waals surface area contributed by atoms with Gasteiger partial charge in [-0.15, -0.1) is 0 Å². The molecule has 1 amide bonds. The van der Waals surface area contributed by atoms with Gasteiger partial charge in [-0.2, -0.15) is 0 Å². The molecule has 0 aromatic heterocycles. The topological polar surface area (TPSA) is 58.6 Å². The molecule has 6 heteroatoms. The second kappa shape index (κ2) is 7.01. The molecule has 2 aromatic carbocycles. The number of benzene rings is 2. The van der Waals surface area contributed by atoms with Crippen molar-refractivity contribution in [2.75, 3.05) is 12.4 Å². The number of amides is 1. The van der Waals surface area contributed by atoms with Crippen LogP contribution in [0.15, 0.2) is 36.4 Å². The molecular formula is C16H15Cl2NO3. The molecule has 2 aromatic rings. The van der Waals surface area contributed by atoms with Gasteiger partial charge in [-0.25, -0.2) is 0 Å². The molecule has 0 bridgehead atoms. The van der Waals surface area contributed by atoms with Crippen LogP contribution in [0.5, 0.6) is 5.75 Å². The Balaban J connectivity index is 2.32. The van der Waals surface area contributed by atoms with E-state index in [0.717, 1.165) is 0 Å². The second-order valence-electron chi connectivity index (χ2n) is 4.72. The van der Waals surface area contributed by atoms with Crippen LogP contribution in [-0.2, 0) is 0 Å². The van der Waals surface area contributed by atoms with Crippen LogP contribution in [0.4, 0.5) is 5.69 Å². The van der Waals surface area contributed by atoms with Crippen molar-refractivity contribution in [1.29, 1.82) is 0 Å². The van der Waals surface area contributed by atoms with Crippen LogP contribution in [0.25, 0.3) is 0 Å². The predicted octanol–water partition coefficient (Wildman–Crippen LogP) is 4.31. The number of halogens is 2. The third kappa shape index (κ3) is 3.71. The summed E-state index contributed by atoms with van der Waals surface area (Å²) in [6.45, 7) is 1.65. The van der Waals surface area contributed by atoms with E-state index in [2.05, 4.69) is 5.32 Å². The highest BCUT2D eigenvalue weighted by molar-refractivity contribution is 6.36. The Morgan fingerprint density at radius 2 is 2.00 bits per heavy atom. The van der Waals surface area contributed by atoms with Crippen LogP contribution >= 0.6 is 23.2 Å². The summed E-state index contributed by atoms with van der Waals surface area (Å²) in [5, 5.41) is 12.9. The molecule has 0 radical (unpaired) electrons. The summed E-state index contributed by atoms with van der Waals surface area (Å²) in [4.78, 5) is 12.4. The van der Waals surface area contributed by atoms with Crippen molar-refractivity contribution in [3.63, 3.8) is 0 Å². The first-order valence-corrected chi connectivity index (χ1v) is 7.30. The van der Waals surface area contributed by atoms with Crippen molar-refractivity contribution in [1.82, 2.24) is 0 Å². The molecule has 2 N–H and O–H groups in total. The minimum atomic E-state index is -0.619. The lowest BCUT2D eigenvalue weighted by Gasteiger charge is -2.12. The fraction of sp³-hybridized carbons (Fsp3) is 0.188. The molecule has 0 unspecified atom stereocenters. The predicted molar refractivity (Wildman–Crippen MR) is 88.0 cm³/mol. The van der Waals surface area contributed by atoms with Crippen molar-refractivity contribution in [3.8, 4) is 5.75 Å². The number of carbonyl (C=O) groups excluding carboxylic acids is 1. The number of ether oxygens (including phenoxy) is 1. The number of hydrogen-bond acceptors (Lipinski definition) is 3. The van der Waals surface area contributed by atoms with E-state index >= 15 is 0 Å². The Morgan fingerprint density at radius 3 is 2.64 bits per heavy atom. The van der Waals surface area contributed by atoms with Crippen LogP contribution in [0.2, 0.25) is 10.0 Å². The van der Waals surface area contributed by atoms with Gasteiger partial charge in [0.15, 0.2) is 0 Å². The third-order valence-electron chi connectivity index (χ3n) is 3.08. The molecule has 0 saturated heterocycles. The first-order valence-electron chi connectivity index (χ1n) is 6.54. The van der Waals surface area contributed by atoms with Crippen LogP contribution in [0, 0.1) is 0 Å². The highest BCUT2D eigenvalue weighted by atomic mass is 35.5. The largest absolute Gasteiger partial charge is 0.494 e. The number of aliphatic hydroxyl groups excluding tert-OH is 1. The molecule has 0 saturated carbocycles. The standard InChI is InChI=1S/C16H15Cl2NO3/c1-9(20)10-4-3-5-12(6-10)19-16(21)13-7-11(17)8-14(18)15(13)22-2/h3-9,20H,1-2H3,(H,19,21)/t9-/m0/s1. The molecule has 0 spiro atoms. The monoisotopic (exact) mass is 339 g/mol. The van der Waals surface area contributed by atoms with Crippen molar-refractivity contribution in [2.45, 2.75) is 13.0 Å². The molecule has 22 heavy (non-hydrogen) atoms. The fourth-order valence-corrected chi connectivity index (χ4v) is 2.58. The molecule has 1 atom stereocenters. The summed E-state index contributed by atoms with van der Waals surface area (Å²) in [5.74, 6) is -0.140. The van der Waals surface area contributed by atoms with Crippen molar-refractivity contribution in [2.24, 2.45) is 0 Å². The Morgan fingerprint density at radius 1 is 1.27 bits per heavy atom. The number of nitrogens with one attached hydrogen (secondary N) is 1. The number of methoxy groups -OCH3 is 1. The van der Waals surface area contributed by atoms with E-state index in [0.29, 0.717) is 16.3 Å². The fourth-order valence-electron chi connectivity index (χ4n) is 2.01. The molecule has 0 heterocycles. The van der Waals surface area contributed by atoms with Crippen molar-refractivity contribution in [3.05, 3.63) is 57.6 Å². The third-order valence-corrected chi connectivity index (χ3v) is 3.58. The number of hydrogen-bond donors (Lipinski definition) is 2. The number of anilines is 1. The van der Waals surface area contributed by atoms with E-state index in [1.807, 2.05) is 0 Å². The zero-order chi connectivity index (χ0) is 16.3. The normalized spacial score (nSPS) is 11.9. The quantitative estimate of drug-likeness (QED) is 0.872. The van der Waals surface area contributed by atoms with Gasteiger partial charge in [-0.05, 0) is 36.8 Å². The molecular weight excluding hydrogens is 325 g/mol. The van der Waals surface area contributed by atoms with E-state index in [1.54, 1.807) is 31.2 Å². The van der Waals surface area contributed by atoms with Crippen LogP contribution < -0.4 is 10.1 Å². The first-order chi connectivity index (χ1) is 10.4. The molecule has 116 valence electrons. The maximum absolute atomic E-state index is 12.4. The molecule has 4 nitrogen and oxygen atoms in total. The van der Waals surface area contributed by atoms with Crippen molar-refractivity contribution < 1.29 is 14.6 Å². The minimum Gasteiger partial charge on any atom is -0.494 e. The minimum absolute atomic E-state index is 0.238. The van der Waals surface area contributed by atoms with E-state index < -0.39 is 12.0 Å². The Labute approximate surface area is 138 Å². The molecule has 0 aliphatic carbocycles. The maximum atomic E-state index is 12.4. The average Bonchev–Trinajstić information content (AvgIpc) is 2.46. The summed E-state index contributed by atoms with van der Waals surface area (Å²) in [6, 6.07) is 9.94. The summed E-state index contributed by atoms with van der Waals surface area (Å²) in [5.41, 5.74) is 1.50. The lowest BCUT2D eigenvalue weighted by Crippen LogP contribution is -2.13. The smallest absolute Gasteiger partial charge is 0.259 e. The summed E-state index contributed by atoms with van der Waals surface area (Å²) in [7, 11) is 1.43.